The van der Waals surface area contributed by atoms with Crippen molar-refractivity contribution in [3.8, 4) is 6.07 Å². The standard InChI is InChI=1S/C35H34ClFN8O/c36-30-19-27(40-34(24-6-8-26(37)9-7-24)32-22-45(43-42-32)28-10-11-28)18-29-33(25(20-38)21-39-35(29)30)41-31(23-4-2-1-3-5-23)12-13-44-14-16-46-17-15-44/h1-9,18-19,21-22,28,31,34,40H,10-17H2,(H,39,41)/t31-,34+/m1/s1. The molecule has 11 heteroatoms. The summed E-state index contributed by atoms with van der Waals surface area (Å²) in [5.74, 6) is -0.315. The Morgan fingerprint density at radius 1 is 1.02 bits per heavy atom. The predicted octanol–water partition coefficient (Wildman–Crippen LogP) is 6.90. The molecule has 2 N–H and O–H groups in total. The molecule has 2 atom stereocenters. The maximum absolute atomic E-state index is 13.9. The van der Waals surface area contributed by atoms with Crippen molar-refractivity contribution in [3.63, 3.8) is 0 Å². The Balaban J connectivity index is 1.25. The lowest BCUT2D eigenvalue weighted by Gasteiger charge is -2.29. The van der Waals surface area contributed by atoms with Gasteiger partial charge in [0.25, 0.3) is 0 Å². The highest BCUT2D eigenvalue weighted by Crippen LogP contribution is 2.38. The van der Waals surface area contributed by atoms with Crippen molar-refractivity contribution < 1.29 is 9.13 Å². The van der Waals surface area contributed by atoms with Gasteiger partial charge in [-0.15, -0.1) is 5.10 Å². The number of nitrogens with zero attached hydrogens (tertiary/aromatic N) is 6. The molecule has 0 radical (unpaired) electrons. The average molecular weight is 637 g/mol. The van der Waals surface area contributed by atoms with Gasteiger partial charge in [-0.3, -0.25) is 9.88 Å². The van der Waals surface area contributed by atoms with Gasteiger partial charge < -0.3 is 15.4 Å². The number of halogens is 2. The van der Waals surface area contributed by atoms with Crippen molar-refractivity contribution in [1.29, 1.82) is 5.26 Å². The normalized spacial score (nSPS) is 16.5. The van der Waals surface area contributed by atoms with Crippen LogP contribution in [0, 0.1) is 17.1 Å². The Bertz CT molecular complexity index is 1850. The van der Waals surface area contributed by atoms with Crippen LogP contribution in [-0.4, -0.2) is 57.7 Å². The van der Waals surface area contributed by atoms with E-state index in [0.29, 0.717) is 39.2 Å². The van der Waals surface area contributed by atoms with Crippen molar-refractivity contribution in [1.82, 2.24) is 24.9 Å². The number of aromatic nitrogens is 4. The summed E-state index contributed by atoms with van der Waals surface area (Å²) in [6, 6.07) is 22.6. The maximum Gasteiger partial charge on any atom is 0.123 e. The minimum Gasteiger partial charge on any atom is -0.379 e. The van der Waals surface area contributed by atoms with Crippen LogP contribution in [0.2, 0.25) is 5.02 Å². The number of rotatable bonds is 11. The van der Waals surface area contributed by atoms with Crippen LogP contribution in [-0.2, 0) is 4.74 Å². The van der Waals surface area contributed by atoms with Crippen molar-refractivity contribution in [2.24, 2.45) is 0 Å². The molecule has 234 valence electrons. The first-order valence-electron chi connectivity index (χ1n) is 15.6. The molecule has 5 aromatic rings. The predicted molar refractivity (Wildman–Crippen MR) is 176 cm³/mol. The third-order valence-corrected chi connectivity index (χ3v) is 8.95. The fourth-order valence-electron chi connectivity index (χ4n) is 5.99. The van der Waals surface area contributed by atoms with Crippen LogP contribution in [0.1, 0.15) is 59.8 Å². The first kappa shape index (κ1) is 30.1. The molecule has 2 fully saturated rings. The average Bonchev–Trinajstić information content (AvgIpc) is 3.83. The number of benzene rings is 3. The number of fused-ring (bicyclic) bond motifs is 1. The van der Waals surface area contributed by atoms with Gasteiger partial charge in [0.1, 0.15) is 17.6 Å². The summed E-state index contributed by atoms with van der Waals surface area (Å²) in [5, 5.41) is 27.5. The topological polar surface area (TPSA) is 104 Å². The van der Waals surface area contributed by atoms with E-state index >= 15 is 0 Å². The zero-order valence-electron chi connectivity index (χ0n) is 25.2. The van der Waals surface area contributed by atoms with E-state index in [4.69, 9.17) is 16.3 Å². The van der Waals surface area contributed by atoms with Crippen LogP contribution in [0.5, 0.6) is 0 Å². The second kappa shape index (κ2) is 13.4. The second-order valence-electron chi connectivity index (χ2n) is 11.8. The lowest BCUT2D eigenvalue weighted by Crippen LogP contribution is -2.37. The molecule has 1 aliphatic carbocycles. The highest BCUT2D eigenvalue weighted by molar-refractivity contribution is 6.35. The number of nitrogens with one attached hydrogen (secondary N) is 2. The van der Waals surface area contributed by atoms with Gasteiger partial charge in [-0.25, -0.2) is 9.07 Å². The highest BCUT2D eigenvalue weighted by Gasteiger charge is 2.27. The van der Waals surface area contributed by atoms with Crippen LogP contribution in [0.4, 0.5) is 15.8 Å². The Labute approximate surface area is 272 Å². The van der Waals surface area contributed by atoms with Crippen LogP contribution in [0.25, 0.3) is 10.9 Å². The summed E-state index contributed by atoms with van der Waals surface area (Å²) in [4.78, 5) is 6.98. The van der Waals surface area contributed by atoms with E-state index in [0.717, 1.165) is 68.6 Å². The lowest BCUT2D eigenvalue weighted by atomic mass is 10.0. The summed E-state index contributed by atoms with van der Waals surface area (Å²) in [7, 11) is 0. The summed E-state index contributed by atoms with van der Waals surface area (Å²) in [6.07, 6.45) is 6.51. The van der Waals surface area contributed by atoms with Gasteiger partial charge in [0.15, 0.2) is 0 Å². The Morgan fingerprint density at radius 3 is 2.54 bits per heavy atom. The largest absolute Gasteiger partial charge is 0.379 e. The van der Waals surface area contributed by atoms with E-state index in [9.17, 15) is 9.65 Å². The summed E-state index contributed by atoms with van der Waals surface area (Å²) in [5.41, 5.74) is 5.06. The Kier molecular flexibility index (Phi) is 8.79. The maximum atomic E-state index is 13.9. The minimum atomic E-state index is -0.421. The molecule has 0 bridgehead atoms. The molecule has 3 aromatic carbocycles. The number of hydrogen-bond donors (Lipinski definition) is 2. The molecule has 2 aliphatic rings. The third-order valence-electron chi connectivity index (χ3n) is 8.66. The molecule has 1 aliphatic heterocycles. The second-order valence-corrected chi connectivity index (χ2v) is 12.3. The first-order chi connectivity index (χ1) is 22.6. The van der Waals surface area contributed by atoms with Crippen LogP contribution in [0.15, 0.2) is 79.1 Å². The zero-order chi connectivity index (χ0) is 31.5. The molecule has 3 heterocycles. The minimum absolute atomic E-state index is 0.0680. The van der Waals surface area contributed by atoms with E-state index in [1.165, 1.54) is 12.1 Å². The van der Waals surface area contributed by atoms with Crippen molar-refractivity contribution in [2.75, 3.05) is 43.5 Å². The number of nitriles is 1. The highest BCUT2D eigenvalue weighted by atomic mass is 35.5. The van der Waals surface area contributed by atoms with Gasteiger partial charge in [-0.2, -0.15) is 5.26 Å². The van der Waals surface area contributed by atoms with E-state index in [1.54, 1.807) is 18.3 Å². The van der Waals surface area contributed by atoms with Gasteiger partial charge in [-0.05, 0) is 54.7 Å². The first-order valence-corrected chi connectivity index (χ1v) is 16.0. The Hall–Kier alpha value is -4.56. The monoisotopic (exact) mass is 636 g/mol. The fraction of sp³-hybridized carbons (Fsp3) is 0.314. The van der Waals surface area contributed by atoms with Gasteiger partial charge in [0.2, 0.25) is 0 Å². The fourth-order valence-corrected chi connectivity index (χ4v) is 6.26. The molecule has 9 nitrogen and oxygen atoms in total. The molecule has 2 aromatic heterocycles. The third kappa shape index (κ3) is 6.67. The van der Waals surface area contributed by atoms with E-state index in [1.807, 2.05) is 41.2 Å². The number of pyridine rings is 1. The summed E-state index contributed by atoms with van der Waals surface area (Å²) >= 11 is 6.88. The molecule has 0 spiro atoms. The quantitative estimate of drug-likeness (QED) is 0.161. The summed E-state index contributed by atoms with van der Waals surface area (Å²) in [6.45, 7) is 4.16. The van der Waals surface area contributed by atoms with Crippen LogP contribution >= 0.6 is 11.6 Å². The van der Waals surface area contributed by atoms with Crippen molar-refractivity contribution in [3.05, 3.63) is 112 Å². The van der Waals surface area contributed by atoms with Gasteiger partial charge in [-0.1, -0.05) is 59.3 Å². The van der Waals surface area contributed by atoms with Crippen molar-refractivity contribution >= 4 is 33.9 Å². The Morgan fingerprint density at radius 2 is 1.80 bits per heavy atom. The zero-order valence-corrected chi connectivity index (χ0v) is 26.0. The molecule has 7 rings (SSSR count). The van der Waals surface area contributed by atoms with E-state index < -0.39 is 6.04 Å². The molecule has 1 saturated heterocycles. The molecular formula is C35H34ClFN8O. The smallest absolute Gasteiger partial charge is 0.123 e. The van der Waals surface area contributed by atoms with Gasteiger partial charge in [0, 0.05) is 36.9 Å². The molecule has 0 unspecified atom stereocenters. The van der Waals surface area contributed by atoms with Crippen molar-refractivity contribution in [2.45, 2.75) is 37.4 Å². The molecule has 46 heavy (non-hydrogen) atoms. The molecule has 0 amide bonds. The van der Waals surface area contributed by atoms with Gasteiger partial charge >= 0.3 is 0 Å². The molecular weight excluding hydrogens is 603 g/mol. The van der Waals surface area contributed by atoms with E-state index in [-0.39, 0.29) is 11.9 Å². The number of morpholine rings is 1. The number of ether oxygens (including phenoxy) is 1. The van der Waals surface area contributed by atoms with Gasteiger partial charge in [0.05, 0.1) is 59.3 Å². The molecule has 1 saturated carbocycles. The number of hydrogen-bond acceptors (Lipinski definition) is 8. The summed E-state index contributed by atoms with van der Waals surface area (Å²) < 4.78 is 21.4. The van der Waals surface area contributed by atoms with Crippen LogP contribution in [0.3, 0.4) is 0 Å². The number of anilines is 2. The van der Waals surface area contributed by atoms with Crippen LogP contribution < -0.4 is 10.6 Å². The SMILES string of the molecule is N#Cc1cnc2c(Cl)cc(N[C@@H](c3ccc(F)cc3)c3cn(C4CC4)nn3)cc2c1N[C@H](CCN1CCOCC1)c1ccccc1. The van der Waals surface area contributed by atoms with E-state index in [2.05, 4.69) is 49.0 Å². The lowest BCUT2D eigenvalue weighted by molar-refractivity contribution is 0.0368.